The molecule has 0 spiro atoms. The first-order valence-electron chi connectivity index (χ1n) is 8.59. The van der Waals surface area contributed by atoms with E-state index in [0.717, 1.165) is 6.07 Å². The number of halogens is 3. The summed E-state index contributed by atoms with van der Waals surface area (Å²) in [6, 6.07) is 3.48. The summed E-state index contributed by atoms with van der Waals surface area (Å²) in [5, 5.41) is 0. The van der Waals surface area contributed by atoms with Gasteiger partial charge in [0.1, 0.15) is 11.4 Å². The van der Waals surface area contributed by atoms with Gasteiger partial charge in [-0.05, 0) is 39.7 Å². The van der Waals surface area contributed by atoms with Crippen LogP contribution in [0.15, 0.2) is 18.2 Å². The summed E-state index contributed by atoms with van der Waals surface area (Å²) < 4.78 is 46.6. The fourth-order valence-corrected chi connectivity index (χ4v) is 2.93. The summed E-state index contributed by atoms with van der Waals surface area (Å²) in [7, 11) is 0. The lowest BCUT2D eigenvalue weighted by molar-refractivity contribution is 0.0131. The van der Waals surface area contributed by atoms with E-state index in [1.165, 1.54) is 17.0 Å². The SMILES string of the molecule is CC(C)(C)OC(=O)N1CCC(C(=O)c2cccc(C(C)(F)F)c2F)CC1. The van der Waals surface area contributed by atoms with Crippen molar-refractivity contribution in [1.82, 2.24) is 4.90 Å². The third kappa shape index (κ3) is 4.77. The molecule has 0 unspecified atom stereocenters. The Morgan fingerprint density at radius 2 is 1.69 bits per heavy atom. The number of ketones is 1. The number of likely N-dealkylation sites (tertiary alicyclic amines) is 1. The molecular weight excluding hydrogens is 347 g/mol. The number of hydrogen-bond donors (Lipinski definition) is 0. The molecule has 0 saturated carbocycles. The summed E-state index contributed by atoms with van der Waals surface area (Å²) >= 11 is 0. The number of amides is 1. The number of Topliss-reactive ketones (excluding diaryl/α,β-unsaturated/α-hetero) is 1. The van der Waals surface area contributed by atoms with Crippen LogP contribution in [0.2, 0.25) is 0 Å². The highest BCUT2D eigenvalue weighted by Gasteiger charge is 2.34. The van der Waals surface area contributed by atoms with Gasteiger partial charge in [-0.1, -0.05) is 12.1 Å². The molecule has 1 aromatic rings. The summed E-state index contributed by atoms with van der Waals surface area (Å²) in [6.45, 7) is 6.49. The summed E-state index contributed by atoms with van der Waals surface area (Å²) in [4.78, 5) is 26.1. The van der Waals surface area contributed by atoms with E-state index in [9.17, 15) is 22.8 Å². The van der Waals surface area contributed by atoms with Crippen LogP contribution in [0.1, 0.15) is 56.5 Å². The van der Waals surface area contributed by atoms with Crippen molar-refractivity contribution in [3.05, 3.63) is 35.1 Å². The molecule has 144 valence electrons. The molecule has 1 aliphatic heterocycles. The summed E-state index contributed by atoms with van der Waals surface area (Å²) in [5.41, 5.74) is -1.71. The Bertz CT molecular complexity index is 684. The first-order chi connectivity index (χ1) is 11.9. The molecule has 0 N–H and O–H groups in total. The standard InChI is InChI=1S/C19H24F3NO3/c1-18(2,3)26-17(25)23-10-8-12(9-11-23)16(24)13-6-5-7-14(15(13)20)19(4,21)22/h5-7,12H,8-11H2,1-4H3. The third-order valence-electron chi connectivity index (χ3n) is 4.25. The van der Waals surface area contributed by atoms with Crippen LogP contribution in [0, 0.1) is 11.7 Å². The maximum absolute atomic E-state index is 14.4. The molecule has 1 aliphatic rings. The van der Waals surface area contributed by atoms with E-state index in [1.807, 2.05) is 0 Å². The molecule has 0 bridgehead atoms. The number of carbonyl (C=O) groups is 2. The molecular formula is C19H24F3NO3. The Morgan fingerprint density at radius 1 is 1.12 bits per heavy atom. The van der Waals surface area contributed by atoms with E-state index in [4.69, 9.17) is 4.74 Å². The number of alkyl halides is 2. The van der Waals surface area contributed by atoms with Gasteiger partial charge < -0.3 is 9.64 Å². The van der Waals surface area contributed by atoms with Gasteiger partial charge in [-0.25, -0.2) is 18.0 Å². The van der Waals surface area contributed by atoms with Crippen LogP contribution in [0.4, 0.5) is 18.0 Å². The first-order valence-corrected chi connectivity index (χ1v) is 8.59. The minimum Gasteiger partial charge on any atom is -0.444 e. The van der Waals surface area contributed by atoms with Crippen molar-refractivity contribution in [1.29, 1.82) is 0 Å². The van der Waals surface area contributed by atoms with E-state index < -0.39 is 40.7 Å². The number of hydrogen-bond acceptors (Lipinski definition) is 3. The zero-order valence-corrected chi connectivity index (χ0v) is 15.4. The lowest BCUT2D eigenvalue weighted by Gasteiger charge is -2.33. The number of carbonyl (C=O) groups excluding carboxylic acids is 2. The molecule has 0 aliphatic carbocycles. The molecule has 7 heteroatoms. The smallest absolute Gasteiger partial charge is 0.410 e. The highest BCUT2D eigenvalue weighted by atomic mass is 19.3. The van der Waals surface area contributed by atoms with E-state index in [0.29, 0.717) is 32.9 Å². The quantitative estimate of drug-likeness (QED) is 0.719. The highest BCUT2D eigenvalue weighted by molar-refractivity contribution is 5.98. The fraction of sp³-hybridized carbons (Fsp3) is 0.579. The van der Waals surface area contributed by atoms with E-state index >= 15 is 0 Å². The summed E-state index contributed by atoms with van der Waals surface area (Å²) in [6.07, 6.45) is 0.219. The monoisotopic (exact) mass is 371 g/mol. The highest BCUT2D eigenvalue weighted by Crippen LogP contribution is 2.32. The van der Waals surface area contributed by atoms with Crippen LogP contribution in [0.25, 0.3) is 0 Å². The van der Waals surface area contributed by atoms with Gasteiger partial charge in [-0.3, -0.25) is 4.79 Å². The van der Waals surface area contributed by atoms with Gasteiger partial charge in [0.25, 0.3) is 5.92 Å². The molecule has 26 heavy (non-hydrogen) atoms. The van der Waals surface area contributed by atoms with Crippen LogP contribution in [-0.2, 0) is 10.7 Å². The molecule has 1 aromatic carbocycles. The van der Waals surface area contributed by atoms with Crippen LogP contribution in [0.3, 0.4) is 0 Å². The Kier molecular flexibility index (Phi) is 5.68. The Hall–Kier alpha value is -2.05. The number of nitrogens with zero attached hydrogens (tertiary/aromatic N) is 1. The lowest BCUT2D eigenvalue weighted by Crippen LogP contribution is -2.43. The molecule has 2 rings (SSSR count). The maximum atomic E-state index is 14.4. The Balaban J connectivity index is 2.07. The second-order valence-corrected chi connectivity index (χ2v) is 7.66. The van der Waals surface area contributed by atoms with Gasteiger partial charge in [0.2, 0.25) is 0 Å². The van der Waals surface area contributed by atoms with Crippen molar-refractivity contribution >= 4 is 11.9 Å². The fourth-order valence-electron chi connectivity index (χ4n) is 2.93. The predicted octanol–water partition coefficient (Wildman–Crippen LogP) is 4.77. The van der Waals surface area contributed by atoms with Gasteiger partial charge in [-0.15, -0.1) is 0 Å². The van der Waals surface area contributed by atoms with Gasteiger partial charge in [0.15, 0.2) is 5.78 Å². The minimum absolute atomic E-state index is 0.302. The van der Waals surface area contributed by atoms with Crippen molar-refractivity contribution in [3.8, 4) is 0 Å². The average Bonchev–Trinajstić information content (AvgIpc) is 2.52. The normalized spacial score (nSPS) is 16.5. The van der Waals surface area contributed by atoms with Gasteiger partial charge in [0.05, 0.1) is 11.1 Å². The minimum atomic E-state index is -3.36. The van der Waals surface area contributed by atoms with Crippen molar-refractivity contribution in [2.24, 2.45) is 5.92 Å². The second-order valence-electron chi connectivity index (χ2n) is 7.66. The molecule has 1 amide bonds. The van der Waals surface area contributed by atoms with E-state index in [-0.39, 0.29) is 5.56 Å². The number of benzene rings is 1. The predicted molar refractivity (Wildman–Crippen MR) is 90.8 cm³/mol. The topological polar surface area (TPSA) is 46.6 Å². The lowest BCUT2D eigenvalue weighted by atomic mass is 9.88. The van der Waals surface area contributed by atoms with Gasteiger partial charge in [-0.2, -0.15) is 0 Å². The largest absolute Gasteiger partial charge is 0.444 e. The number of piperidine rings is 1. The Labute approximate surface area is 151 Å². The van der Waals surface area contributed by atoms with Gasteiger partial charge in [0, 0.05) is 25.9 Å². The van der Waals surface area contributed by atoms with Crippen molar-refractivity contribution in [3.63, 3.8) is 0 Å². The van der Waals surface area contributed by atoms with Crippen LogP contribution < -0.4 is 0 Å². The zero-order valence-electron chi connectivity index (χ0n) is 15.4. The average molecular weight is 371 g/mol. The molecule has 1 saturated heterocycles. The van der Waals surface area contributed by atoms with Gasteiger partial charge >= 0.3 is 6.09 Å². The molecule has 0 radical (unpaired) electrons. The van der Waals surface area contributed by atoms with Crippen molar-refractivity contribution in [2.45, 2.75) is 52.1 Å². The maximum Gasteiger partial charge on any atom is 0.410 e. The van der Waals surface area contributed by atoms with Crippen molar-refractivity contribution in [2.75, 3.05) is 13.1 Å². The summed E-state index contributed by atoms with van der Waals surface area (Å²) in [5.74, 6) is -5.54. The van der Waals surface area contributed by atoms with Crippen molar-refractivity contribution < 1.29 is 27.5 Å². The van der Waals surface area contributed by atoms with Crippen LogP contribution in [-0.4, -0.2) is 35.5 Å². The molecule has 0 atom stereocenters. The van der Waals surface area contributed by atoms with Crippen LogP contribution in [0.5, 0.6) is 0 Å². The first kappa shape index (κ1) is 20.3. The molecule has 0 aromatic heterocycles. The van der Waals surface area contributed by atoms with E-state index in [1.54, 1.807) is 20.8 Å². The number of ether oxygens (including phenoxy) is 1. The molecule has 4 nitrogen and oxygen atoms in total. The zero-order chi connectivity index (χ0) is 19.7. The Morgan fingerprint density at radius 3 is 2.19 bits per heavy atom. The third-order valence-corrected chi connectivity index (χ3v) is 4.25. The number of rotatable bonds is 3. The molecule has 1 fully saturated rings. The van der Waals surface area contributed by atoms with Crippen LogP contribution >= 0.6 is 0 Å². The van der Waals surface area contributed by atoms with E-state index in [2.05, 4.69) is 0 Å². The molecule has 1 heterocycles. The second kappa shape index (κ2) is 7.29.